The lowest BCUT2D eigenvalue weighted by Gasteiger charge is -2.20. The van der Waals surface area contributed by atoms with Gasteiger partial charge in [-0.05, 0) is 29.8 Å². The van der Waals surface area contributed by atoms with Crippen LogP contribution in [0.15, 0.2) is 41.5 Å². The van der Waals surface area contributed by atoms with Crippen LogP contribution < -0.4 is 15.0 Å². The summed E-state index contributed by atoms with van der Waals surface area (Å²) >= 11 is 6.22. The summed E-state index contributed by atoms with van der Waals surface area (Å²) in [5.74, 6) is 0.657. The summed E-state index contributed by atoms with van der Waals surface area (Å²) in [6.45, 7) is 1.18. The van der Waals surface area contributed by atoms with Crippen LogP contribution in [0.4, 0.5) is 4.39 Å². The Bertz CT molecular complexity index is 1000. The SMILES string of the molecule is O=c1c2ccc(F)cc2ncn1Cc1cc(Cl)c2c(c1)OCCO2. The first-order valence-corrected chi connectivity index (χ1v) is 7.72. The summed E-state index contributed by atoms with van der Waals surface area (Å²) in [5, 5.41) is 0.800. The first-order chi connectivity index (χ1) is 11.6. The summed E-state index contributed by atoms with van der Waals surface area (Å²) in [7, 11) is 0. The summed E-state index contributed by atoms with van der Waals surface area (Å²) < 4.78 is 25.7. The number of aromatic nitrogens is 2. The highest BCUT2D eigenvalue weighted by Gasteiger charge is 2.17. The van der Waals surface area contributed by atoms with Gasteiger partial charge < -0.3 is 9.47 Å². The van der Waals surface area contributed by atoms with Crippen molar-refractivity contribution >= 4 is 22.5 Å². The van der Waals surface area contributed by atoms with Crippen LogP contribution in [0.3, 0.4) is 0 Å². The molecule has 0 unspecified atom stereocenters. The van der Waals surface area contributed by atoms with E-state index in [0.29, 0.717) is 40.6 Å². The zero-order chi connectivity index (χ0) is 16.7. The molecule has 2 heterocycles. The van der Waals surface area contributed by atoms with Gasteiger partial charge in [-0.3, -0.25) is 9.36 Å². The number of rotatable bonds is 2. The Morgan fingerprint density at radius 2 is 2.04 bits per heavy atom. The third-order valence-corrected chi connectivity index (χ3v) is 4.08. The fourth-order valence-electron chi connectivity index (χ4n) is 2.70. The van der Waals surface area contributed by atoms with Crippen LogP contribution in [0.1, 0.15) is 5.56 Å². The first kappa shape index (κ1) is 15.0. The zero-order valence-electron chi connectivity index (χ0n) is 12.5. The van der Waals surface area contributed by atoms with Crippen LogP contribution in [0, 0.1) is 5.82 Å². The van der Waals surface area contributed by atoms with Crippen molar-refractivity contribution in [1.82, 2.24) is 9.55 Å². The second kappa shape index (κ2) is 5.79. The molecule has 122 valence electrons. The molecule has 5 nitrogen and oxygen atoms in total. The fraction of sp³-hybridized carbons (Fsp3) is 0.176. The largest absolute Gasteiger partial charge is 0.486 e. The highest BCUT2D eigenvalue weighted by molar-refractivity contribution is 6.32. The molecule has 1 aliphatic rings. The van der Waals surface area contributed by atoms with E-state index in [2.05, 4.69) is 4.98 Å². The molecule has 2 aromatic carbocycles. The minimum Gasteiger partial charge on any atom is -0.486 e. The number of hydrogen-bond donors (Lipinski definition) is 0. The molecule has 0 aliphatic carbocycles. The lowest BCUT2D eigenvalue weighted by molar-refractivity contribution is 0.171. The zero-order valence-corrected chi connectivity index (χ0v) is 13.2. The summed E-state index contributed by atoms with van der Waals surface area (Å²) in [6.07, 6.45) is 1.40. The van der Waals surface area contributed by atoms with Gasteiger partial charge in [0, 0.05) is 6.07 Å². The molecular formula is C17H12ClFN2O3. The predicted octanol–water partition coefficient (Wildman–Crippen LogP) is 3.01. The molecule has 0 saturated carbocycles. The molecule has 0 N–H and O–H groups in total. The van der Waals surface area contributed by atoms with E-state index in [1.54, 1.807) is 12.1 Å². The summed E-state index contributed by atoms with van der Waals surface area (Å²) in [6, 6.07) is 7.45. The lowest BCUT2D eigenvalue weighted by Crippen LogP contribution is -2.21. The lowest BCUT2D eigenvalue weighted by atomic mass is 10.2. The Morgan fingerprint density at radius 3 is 2.92 bits per heavy atom. The minimum atomic E-state index is -0.425. The van der Waals surface area contributed by atoms with E-state index in [1.165, 1.54) is 29.1 Å². The van der Waals surface area contributed by atoms with Gasteiger partial charge in [0.2, 0.25) is 0 Å². The van der Waals surface area contributed by atoms with E-state index in [-0.39, 0.29) is 12.1 Å². The normalized spacial score (nSPS) is 13.2. The molecule has 4 rings (SSSR count). The monoisotopic (exact) mass is 346 g/mol. The second-order valence-corrected chi connectivity index (χ2v) is 5.85. The summed E-state index contributed by atoms with van der Waals surface area (Å²) in [5.41, 5.74) is 0.872. The molecule has 1 aliphatic heterocycles. The van der Waals surface area contributed by atoms with Gasteiger partial charge in [0.05, 0.1) is 28.8 Å². The standard InChI is InChI=1S/C17H12ClFN2O3/c18-13-5-10(6-15-16(13)24-4-3-23-15)8-21-9-20-14-7-11(19)1-2-12(14)17(21)22/h1-2,5-7,9H,3-4,8H2. The van der Waals surface area contributed by atoms with Crippen LogP contribution in [-0.4, -0.2) is 22.8 Å². The van der Waals surface area contributed by atoms with Crippen molar-refractivity contribution in [2.45, 2.75) is 6.54 Å². The van der Waals surface area contributed by atoms with Crippen molar-refractivity contribution in [3.05, 3.63) is 63.4 Å². The number of fused-ring (bicyclic) bond motifs is 2. The van der Waals surface area contributed by atoms with Gasteiger partial charge in [-0.1, -0.05) is 11.6 Å². The van der Waals surface area contributed by atoms with E-state index in [9.17, 15) is 9.18 Å². The molecule has 1 aromatic heterocycles. The van der Waals surface area contributed by atoms with Crippen LogP contribution in [0.25, 0.3) is 10.9 Å². The quantitative estimate of drug-likeness (QED) is 0.715. The van der Waals surface area contributed by atoms with Crippen molar-refractivity contribution in [3.8, 4) is 11.5 Å². The smallest absolute Gasteiger partial charge is 0.261 e. The molecule has 0 atom stereocenters. The van der Waals surface area contributed by atoms with Gasteiger partial charge in [-0.25, -0.2) is 9.37 Å². The molecule has 0 amide bonds. The Kier molecular flexibility index (Phi) is 3.61. The molecular weight excluding hydrogens is 335 g/mol. The van der Waals surface area contributed by atoms with Gasteiger partial charge in [0.15, 0.2) is 11.5 Å². The third-order valence-electron chi connectivity index (χ3n) is 3.80. The van der Waals surface area contributed by atoms with E-state index < -0.39 is 5.82 Å². The van der Waals surface area contributed by atoms with Crippen molar-refractivity contribution in [3.63, 3.8) is 0 Å². The second-order valence-electron chi connectivity index (χ2n) is 5.44. The number of nitrogens with zero attached hydrogens (tertiary/aromatic N) is 2. The van der Waals surface area contributed by atoms with E-state index in [4.69, 9.17) is 21.1 Å². The number of ether oxygens (including phenoxy) is 2. The van der Waals surface area contributed by atoms with E-state index >= 15 is 0 Å². The maximum absolute atomic E-state index is 13.2. The van der Waals surface area contributed by atoms with Crippen molar-refractivity contribution in [2.24, 2.45) is 0 Å². The van der Waals surface area contributed by atoms with Gasteiger partial charge >= 0.3 is 0 Å². The Hall–Kier alpha value is -2.60. The van der Waals surface area contributed by atoms with E-state index in [0.717, 1.165) is 5.56 Å². The van der Waals surface area contributed by atoms with Crippen LogP contribution in [0.2, 0.25) is 5.02 Å². The van der Waals surface area contributed by atoms with Gasteiger partial charge in [-0.2, -0.15) is 0 Å². The molecule has 0 fully saturated rings. The van der Waals surface area contributed by atoms with Crippen molar-refractivity contribution in [1.29, 1.82) is 0 Å². The maximum atomic E-state index is 13.2. The fourth-order valence-corrected chi connectivity index (χ4v) is 2.98. The topological polar surface area (TPSA) is 53.4 Å². The van der Waals surface area contributed by atoms with Crippen LogP contribution >= 0.6 is 11.6 Å². The Morgan fingerprint density at radius 1 is 1.21 bits per heavy atom. The highest BCUT2D eigenvalue weighted by atomic mass is 35.5. The highest BCUT2D eigenvalue weighted by Crippen LogP contribution is 2.38. The molecule has 24 heavy (non-hydrogen) atoms. The molecule has 0 spiro atoms. The van der Waals surface area contributed by atoms with Crippen LogP contribution in [-0.2, 0) is 6.54 Å². The van der Waals surface area contributed by atoms with E-state index in [1.807, 2.05) is 0 Å². The van der Waals surface area contributed by atoms with Crippen LogP contribution in [0.5, 0.6) is 11.5 Å². The first-order valence-electron chi connectivity index (χ1n) is 7.34. The van der Waals surface area contributed by atoms with Crippen molar-refractivity contribution in [2.75, 3.05) is 13.2 Å². The molecule has 0 radical (unpaired) electrons. The summed E-state index contributed by atoms with van der Waals surface area (Å²) in [4.78, 5) is 16.7. The molecule has 0 saturated heterocycles. The van der Waals surface area contributed by atoms with Gasteiger partial charge in [-0.15, -0.1) is 0 Å². The molecule has 0 bridgehead atoms. The molecule has 7 heteroatoms. The van der Waals surface area contributed by atoms with Crippen molar-refractivity contribution < 1.29 is 13.9 Å². The number of halogens is 2. The van der Waals surface area contributed by atoms with Gasteiger partial charge in [0.1, 0.15) is 19.0 Å². The minimum absolute atomic E-state index is 0.244. The average molecular weight is 347 g/mol. The Labute approximate surface area is 141 Å². The predicted molar refractivity (Wildman–Crippen MR) is 87.5 cm³/mol. The number of benzene rings is 2. The van der Waals surface area contributed by atoms with Gasteiger partial charge in [0.25, 0.3) is 5.56 Å². The maximum Gasteiger partial charge on any atom is 0.261 e. The average Bonchev–Trinajstić information content (AvgIpc) is 2.57. The third kappa shape index (κ3) is 2.59. The molecule has 3 aromatic rings. The number of hydrogen-bond acceptors (Lipinski definition) is 4. The Balaban J connectivity index is 1.74.